The van der Waals surface area contributed by atoms with Gasteiger partial charge in [-0.3, -0.25) is 0 Å². The second kappa shape index (κ2) is 7.33. The molecule has 1 aromatic carbocycles. The van der Waals surface area contributed by atoms with Gasteiger partial charge in [0.25, 0.3) is 0 Å². The highest BCUT2D eigenvalue weighted by atomic mass is 35.5. The number of rotatable bonds is 4. The molecule has 0 aliphatic rings. The molecule has 2 rings (SSSR count). The molecule has 0 aliphatic carbocycles. The van der Waals surface area contributed by atoms with Crippen LogP contribution in [0.25, 0.3) is 17.5 Å². The van der Waals surface area contributed by atoms with E-state index in [9.17, 15) is 9.18 Å². The van der Waals surface area contributed by atoms with E-state index in [4.69, 9.17) is 22.1 Å². The van der Waals surface area contributed by atoms with Crippen LogP contribution in [0.3, 0.4) is 0 Å². The molecule has 0 saturated carbocycles. The van der Waals surface area contributed by atoms with Crippen molar-refractivity contribution in [1.29, 1.82) is 0 Å². The van der Waals surface area contributed by atoms with Crippen LogP contribution < -0.4 is 5.73 Å². The molecular weight excluding hydrogens is 361 g/mol. The molecule has 0 saturated heterocycles. The Morgan fingerprint density at radius 2 is 2.00 bits per heavy atom. The number of anilines is 1. The van der Waals surface area contributed by atoms with E-state index >= 15 is 0 Å². The van der Waals surface area contributed by atoms with Gasteiger partial charge in [0.1, 0.15) is 11.6 Å². The standard InChI is InChI=1S/C17H19ClFN3O2Si/c1-24-17(23)14-12(7-8-25(2,3)4)15(20)22-16(21-14)11-6-5-10(18)9-13(11)19/h5-9H,1-4H3,(H2,20,21,22)/b8-7+. The van der Waals surface area contributed by atoms with Gasteiger partial charge in [-0.1, -0.05) is 43.0 Å². The summed E-state index contributed by atoms with van der Waals surface area (Å²) in [4.78, 5) is 20.5. The van der Waals surface area contributed by atoms with Gasteiger partial charge in [0.05, 0.1) is 20.7 Å². The van der Waals surface area contributed by atoms with Crippen LogP contribution in [-0.4, -0.2) is 31.1 Å². The summed E-state index contributed by atoms with van der Waals surface area (Å²) in [6.07, 6.45) is 1.73. The number of carbonyl (C=O) groups is 1. The average molecular weight is 380 g/mol. The van der Waals surface area contributed by atoms with Crippen molar-refractivity contribution in [3.05, 3.63) is 46.0 Å². The number of nitrogens with zero attached hydrogens (tertiary/aromatic N) is 2. The fourth-order valence-corrected chi connectivity index (χ4v) is 2.85. The zero-order valence-electron chi connectivity index (χ0n) is 14.4. The Hall–Kier alpha value is -2.25. The lowest BCUT2D eigenvalue weighted by molar-refractivity contribution is 0.0593. The van der Waals surface area contributed by atoms with Gasteiger partial charge in [0.2, 0.25) is 0 Å². The van der Waals surface area contributed by atoms with E-state index in [0.29, 0.717) is 5.56 Å². The summed E-state index contributed by atoms with van der Waals surface area (Å²) >= 11 is 5.76. The number of halogens is 2. The van der Waals surface area contributed by atoms with Gasteiger partial charge in [-0.2, -0.15) is 0 Å². The smallest absolute Gasteiger partial charge is 0.357 e. The highest BCUT2D eigenvalue weighted by molar-refractivity contribution is 6.81. The Kier molecular flexibility index (Phi) is 5.59. The van der Waals surface area contributed by atoms with Crippen LogP contribution in [0.1, 0.15) is 16.1 Å². The number of nitrogens with two attached hydrogens (primary N) is 1. The SMILES string of the molecule is COC(=O)c1nc(-c2ccc(Cl)cc2F)nc(N)c1/C=C/[Si](C)(C)C. The van der Waals surface area contributed by atoms with E-state index < -0.39 is 19.9 Å². The molecule has 1 aromatic heterocycles. The van der Waals surface area contributed by atoms with Crippen molar-refractivity contribution in [3.8, 4) is 11.4 Å². The third-order valence-corrected chi connectivity index (χ3v) is 4.68. The van der Waals surface area contributed by atoms with Crippen molar-refractivity contribution >= 4 is 37.5 Å². The maximum atomic E-state index is 14.2. The second-order valence-electron chi connectivity index (χ2n) is 6.51. The summed E-state index contributed by atoms with van der Waals surface area (Å²) in [5.41, 5.74) is 8.49. The van der Waals surface area contributed by atoms with E-state index in [1.54, 1.807) is 6.08 Å². The molecule has 132 valence electrons. The fourth-order valence-electron chi connectivity index (χ4n) is 2.03. The number of methoxy groups -OCH3 is 1. The van der Waals surface area contributed by atoms with Crippen molar-refractivity contribution in [2.75, 3.05) is 12.8 Å². The minimum Gasteiger partial charge on any atom is -0.464 e. The van der Waals surface area contributed by atoms with Crippen LogP contribution in [0.2, 0.25) is 24.7 Å². The zero-order valence-corrected chi connectivity index (χ0v) is 16.2. The lowest BCUT2D eigenvalue weighted by Crippen LogP contribution is -2.16. The topological polar surface area (TPSA) is 78.1 Å². The van der Waals surface area contributed by atoms with Gasteiger partial charge in [0.15, 0.2) is 11.5 Å². The molecule has 0 fully saturated rings. The normalized spacial score (nSPS) is 11.8. The molecule has 0 aliphatic heterocycles. The summed E-state index contributed by atoms with van der Waals surface area (Å²) in [6, 6.07) is 4.09. The van der Waals surface area contributed by atoms with E-state index in [0.717, 1.165) is 6.07 Å². The van der Waals surface area contributed by atoms with E-state index in [1.165, 1.54) is 19.2 Å². The molecule has 0 spiro atoms. The van der Waals surface area contributed by atoms with Crippen molar-refractivity contribution in [1.82, 2.24) is 9.97 Å². The third-order valence-electron chi connectivity index (χ3n) is 3.28. The van der Waals surface area contributed by atoms with E-state index in [2.05, 4.69) is 29.6 Å². The van der Waals surface area contributed by atoms with Crippen LogP contribution >= 0.6 is 11.6 Å². The van der Waals surface area contributed by atoms with Crippen LogP contribution in [0.15, 0.2) is 23.9 Å². The Morgan fingerprint density at radius 1 is 1.32 bits per heavy atom. The average Bonchev–Trinajstić information content (AvgIpc) is 2.51. The first-order chi connectivity index (χ1) is 11.6. The number of hydrogen-bond acceptors (Lipinski definition) is 5. The molecule has 0 unspecified atom stereocenters. The van der Waals surface area contributed by atoms with Crippen LogP contribution in [0.5, 0.6) is 0 Å². The van der Waals surface area contributed by atoms with E-state index in [-0.39, 0.29) is 27.9 Å². The zero-order chi connectivity index (χ0) is 18.8. The fraction of sp³-hybridized carbons (Fsp3) is 0.235. The lowest BCUT2D eigenvalue weighted by atomic mass is 10.1. The van der Waals surface area contributed by atoms with Crippen LogP contribution in [0, 0.1) is 5.82 Å². The predicted octanol–water partition coefficient (Wildman–Crippen LogP) is 4.20. The summed E-state index contributed by atoms with van der Waals surface area (Å²) in [7, 11) is -0.297. The minimum absolute atomic E-state index is 0.00257. The summed E-state index contributed by atoms with van der Waals surface area (Å²) in [6.45, 7) is 6.40. The van der Waals surface area contributed by atoms with E-state index in [1.807, 2.05) is 5.70 Å². The maximum Gasteiger partial charge on any atom is 0.357 e. The third kappa shape index (κ3) is 4.64. The Bertz CT molecular complexity index is 851. The number of ether oxygens (including phenoxy) is 1. The molecule has 25 heavy (non-hydrogen) atoms. The van der Waals surface area contributed by atoms with Gasteiger partial charge in [-0.25, -0.2) is 19.2 Å². The Labute approximate surface area is 151 Å². The number of aromatic nitrogens is 2. The molecule has 8 heteroatoms. The number of hydrogen-bond donors (Lipinski definition) is 1. The maximum absolute atomic E-state index is 14.2. The molecule has 0 radical (unpaired) electrons. The molecule has 1 heterocycles. The number of carbonyl (C=O) groups excluding carboxylic acids is 1. The number of esters is 1. The van der Waals surface area contributed by atoms with Crippen LogP contribution in [0.4, 0.5) is 10.2 Å². The highest BCUT2D eigenvalue weighted by Crippen LogP contribution is 2.26. The van der Waals surface area contributed by atoms with Gasteiger partial charge < -0.3 is 10.5 Å². The molecule has 2 aromatic rings. The van der Waals surface area contributed by atoms with Crippen molar-refractivity contribution in [3.63, 3.8) is 0 Å². The number of nitrogen functional groups attached to an aromatic ring is 1. The largest absolute Gasteiger partial charge is 0.464 e. The molecule has 0 amide bonds. The number of benzene rings is 1. The van der Waals surface area contributed by atoms with Gasteiger partial charge in [-0.15, -0.1) is 0 Å². The Balaban J connectivity index is 2.65. The monoisotopic (exact) mass is 379 g/mol. The minimum atomic E-state index is -1.54. The van der Waals surface area contributed by atoms with Crippen molar-refractivity contribution < 1.29 is 13.9 Å². The Morgan fingerprint density at radius 3 is 2.56 bits per heavy atom. The predicted molar refractivity (Wildman–Crippen MR) is 101 cm³/mol. The first kappa shape index (κ1) is 19.1. The molecular formula is C17H19ClFN3O2Si. The lowest BCUT2D eigenvalue weighted by Gasteiger charge is -2.12. The molecule has 0 bridgehead atoms. The van der Waals surface area contributed by atoms with Gasteiger partial charge in [0, 0.05) is 10.6 Å². The van der Waals surface area contributed by atoms with Crippen molar-refractivity contribution in [2.45, 2.75) is 19.6 Å². The van der Waals surface area contributed by atoms with Crippen molar-refractivity contribution in [2.24, 2.45) is 0 Å². The first-order valence-corrected chi connectivity index (χ1v) is 11.5. The molecule has 2 N–H and O–H groups in total. The summed E-state index contributed by atoms with van der Waals surface area (Å²) in [5, 5.41) is 0.247. The van der Waals surface area contributed by atoms with Gasteiger partial charge in [-0.05, 0) is 18.2 Å². The summed E-state index contributed by atoms with van der Waals surface area (Å²) < 4.78 is 18.9. The molecule has 5 nitrogen and oxygen atoms in total. The first-order valence-electron chi connectivity index (χ1n) is 7.53. The quantitative estimate of drug-likeness (QED) is 0.636. The van der Waals surface area contributed by atoms with Crippen LogP contribution in [-0.2, 0) is 4.74 Å². The highest BCUT2D eigenvalue weighted by Gasteiger charge is 2.21. The second-order valence-corrected chi connectivity index (χ2v) is 12.0. The van der Waals surface area contributed by atoms with Gasteiger partial charge >= 0.3 is 5.97 Å². The molecule has 0 atom stereocenters. The summed E-state index contributed by atoms with van der Waals surface area (Å²) in [5.74, 6) is -1.19.